The summed E-state index contributed by atoms with van der Waals surface area (Å²) in [5.41, 5.74) is 0.195. The second kappa shape index (κ2) is 19.7. The third-order valence-electron chi connectivity index (χ3n) is 8.45. The van der Waals surface area contributed by atoms with Crippen LogP contribution >= 0.6 is 22.6 Å². The molecule has 274 valence electrons. The summed E-state index contributed by atoms with van der Waals surface area (Å²) in [6, 6.07) is 6.52. The standard InChI is InChI=1S/C37H55IN2O9/c1-6-8-10-18-37(19-11-9-7-2)47-30-23-26(22-29(33(30)49-37)46-35(45)25-13-12-14-27(38)21-25)34(44)39-20-17-31(42)40-28(24-41)15-16-32(43)48-36(3,4)5/h12-14,21,23,28-30,33,41H,6-11,15-20,22,24H2,1-5H3,(H,39,44)(H,40,42)/t28-,29+,30+,33-/m0/s1. The van der Waals surface area contributed by atoms with Gasteiger partial charge < -0.3 is 34.7 Å². The minimum Gasteiger partial charge on any atom is -0.460 e. The number of benzene rings is 1. The van der Waals surface area contributed by atoms with Gasteiger partial charge in [-0.25, -0.2) is 4.79 Å². The maximum absolute atomic E-state index is 13.4. The van der Waals surface area contributed by atoms with Crippen LogP contribution in [0.5, 0.6) is 0 Å². The fourth-order valence-corrected chi connectivity index (χ4v) is 6.56. The van der Waals surface area contributed by atoms with Gasteiger partial charge in [0.05, 0.1) is 18.2 Å². The van der Waals surface area contributed by atoms with Gasteiger partial charge in [-0.2, -0.15) is 0 Å². The minimum absolute atomic E-state index is 0.0311. The smallest absolute Gasteiger partial charge is 0.338 e. The number of aliphatic hydroxyl groups excluding tert-OH is 1. The molecule has 0 unspecified atom stereocenters. The summed E-state index contributed by atoms with van der Waals surface area (Å²) in [4.78, 5) is 51.4. The third kappa shape index (κ3) is 13.6. The fourth-order valence-electron chi connectivity index (χ4n) is 6.02. The van der Waals surface area contributed by atoms with Crippen molar-refractivity contribution in [3.63, 3.8) is 0 Å². The number of unbranched alkanes of at least 4 members (excludes halogenated alkanes) is 4. The van der Waals surface area contributed by atoms with Crippen LogP contribution in [-0.4, -0.2) is 77.8 Å². The Kier molecular flexibility index (Phi) is 16.5. The zero-order chi connectivity index (χ0) is 36.0. The van der Waals surface area contributed by atoms with Crippen LogP contribution in [0.4, 0.5) is 0 Å². The maximum atomic E-state index is 13.4. The summed E-state index contributed by atoms with van der Waals surface area (Å²) in [7, 11) is 0. The molecule has 3 N–H and O–H groups in total. The summed E-state index contributed by atoms with van der Waals surface area (Å²) in [6.07, 6.45) is 7.77. The number of rotatable bonds is 19. The van der Waals surface area contributed by atoms with Gasteiger partial charge in [-0.05, 0) is 86.9 Å². The second-order valence-corrected chi connectivity index (χ2v) is 15.2. The van der Waals surface area contributed by atoms with Crippen molar-refractivity contribution in [2.24, 2.45) is 0 Å². The Morgan fingerprint density at radius 3 is 2.35 bits per heavy atom. The van der Waals surface area contributed by atoms with Crippen LogP contribution in [0.25, 0.3) is 0 Å². The molecular weight excluding hydrogens is 743 g/mol. The van der Waals surface area contributed by atoms with Crippen molar-refractivity contribution in [2.75, 3.05) is 13.2 Å². The number of ether oxygens (including phenoxy) is 4. The Bertz CT molecular complexity index is 1280. The molecule has 1 aliphatic heterocycles. The van der Waals surface area contributed by atoms with E-state index < -0.39 is 47.7 Å². The summed E-state index contributed by atoms with van der Waals surface area (Å²) in [5, 5.41) is 15.2. The Balaban J connectivity index is 1.67. The van der Waals surface area contributed by atoms with Gasteiger partial charge in [0.1, 0.15) is 23.9 Å². The first-order valence-electron chi connectivity index (χ1n) is 17.7. The first-order chi connectivity index (χ1) is 23.3. The number of nitrogens with one attached hydrogen (secondary N) is 2. The molecule has 0 radical (unpaired) electrons. The van der Waals surface area contributed by atoms with Crippen molar-refractivity contribution in [1.29, 1.82) is 0 Å². The van der Waals surface area contributed by atoms with Crippen molar-refractivity contribution in [1.82, 2.24) is 10.6 Å². The van der Waals surface area contributed by atoms with E-state index in [4.69, 9.17) is 18.9 Å². The molecule has 0 aromatic heterocycles. The van der Waals surface area contributed by atoms with E-state index in [-0.39, 0.29) is 50.6 Å². The Hall–Kier alpha value is -2.55. The van der Waals surface area contributed by atoms with Crippen molar-refractivity contribution in [3.8, 4) is 0 Å². The van der Waals surface area contributed by atoms with Crippen LogP contribution in [0.15, 0.2) is 35.9 Å². The number of carbonyl (C=O) groups excluding carboxylic acids is 4. The summed E-state index contributed by atoms with van der Waals surface area (Å²) < 4.78 is 25.6. The van der Waals surface area contributed by atoms with E-state index in [9.17, 15) is 24.3 Å². The molecule has 49 heavy (non-hydrogen) atoms. The van der Waals surface area contributed by atoms with Crippen molar-refractivity contribution in [3.05, 3.63) is 45.0 Å². The molecule has 0 spiro atoms. The van der Waals surface area contributed by atoms with E-state index in [2.05, 4.69) is 47.1 Å². The van der Waals surface area contributed by atoms with Crippen LogP contribution in [0.2, 0.25) is 0 Å². The van der Waals surface area contributed by atoms with E-state index in [1.54, 1.807) is 45.0 Å². The van der Waals surface area contributed by atoms with Crippen LogP contribution in [0.3, 0.4) is 0 Å². The highest BCUT2D eigenvalue weighted by atomic mass is 127. The van der Waals surface area contributed by atoms with Crippen LogP contribution in [-0.2, 0) is 33.3 Å². The third-order valence-corrected chi connectivity index (χ3v) is 9.12. The number of amides is 2. The Labute approximate surface area is 304 Å². The van der Waals surface area contributed by atoms with Gasteiger partial charge in [-0.15, -0.1) is 0 Å². The lowest BCUT2D eigenvalue weighted by Gasteiger charge is -2.31. The number of esters is 2. The van der Waals surface area contributed by atoms with E-state index >= 15 is 0 Å². The Morgan fingerprint density at radius 1 is 1.04 bits per heavy atom. The zero-order valence-electron chi connectivity index (χ0n) is 29.7. The van der Waals surface area contributed by atoms with Gasteiger partial charge in [0.25, 0.3) is 0 Å². The number of fused-ring (bicyclic) bond motifs is 1. The number of carbonyl (C=O) groups is 4. The SMILES string of the molecule is CCCCCC1(CCCCC)O[C@@H]2[C@@H](C=C(C(=O)NCCC(=O)N[C@H](CO)CCC(=O)OC(C)(C)C)C[C@H]2OC(=O)c2cccc(I)c2)O1. The fraction of sp³-hybridized carbons (Fsp3) is 0.676. The van der Waals surface area contributed by atoms with Gasteiger partial charge in [0.15, 0.2) is 5.79 Å². The molecule has 2 aliphatic rings. The molecule has 0 bridgehead atoms. The number of aliphatic hydroxyl groups is 1. The maximum Gasteiger partial charge on any atom is 0.338 e. The first kappa shape index (κ1) is 40.9. The Morgan fingerprint density at radius 2 is 1.73 bits per heavy atom. The second-order valence-electron chi connectivity index (χ2n) is 13.9. The van der Waals surface area contributed by atoms with Gasteiger partial charge in [-0.1, -0.05) is 45.6 Å². The lowest BCUT2D eigenvalue weighted by atomic mass is 9.91. The molecule has 1 aromatic carbocycles. The average molecular weight is 799 g/mol. The number of halogens is 1. The molecule has 1 fully saturated rings. The first-order valence-corrected chi connectivity index (χ1v) is 18.8. The van der Waals surface area contributed by atoms with E-state index in [1.165, 1.54) is 0 Å². The number of hydrogen-bond acceptors (Lipinski definition) is 9. The molecule has 2 amide bonds. The highest BCUT2D eigenvalue weighted by Gasteiger charge is 2.52. The molecular formula is C37H55IN2O9. The quantitative estimate of drug-likeness (QED) is 0.0885. The van der Waals surface area contributed by atoms with Crippen molar-refractivity contribution >= 4 is 46.3 Å². The van der Waals surface area contributed by atoms with E-state index in [0.717, 1.165) is 42.1 Å². The van der Waals surface area contributed by atoms with Gasteiger partial charge in [0.2, 0.25) is 11.8 Å². The highest BCUT2D eigenvalue weighted by molar-refractivity contribution is 14.1. The topological polar surface area (TPSA) is 149 Å². The molecule has 11 nitrogen and oxygen atoms in total. The molecule has 1 aromatic rings. The average Bonchev–Trinajstić information content (AvgIpc) is 3.41. The lowest BCUT2D eigenvalue weighted by molar-refractivity contribution is -0.190. The monoisotopic (exact) mass is 798 g/mol. The molecule has 4 atom stereocenters. The summed E-state index contributed by atoms with van der Waals surface area (Å²) >= 11 is 2.14. The minimum atomic E-state index is -0.820. The molecule has 1 saturated heterocycles. The van der Waals surface area contributed by atoms with Gasteiger partial charge in [0, 0.05) is 47.8 Å². The van der Waals surface area contributed by atoms with Gasteiger partial charge in [-0.3, -0.25) is 14.4 Å². The highest BCUT2D eigenvalue weighted by Crippen LogP contribution is 2.43. The number of hydrogen-bond donors (Lipinski definition) is 3. The van der Waals surface area contributed by atoms with Crippen LogP contribution < -0.4 is 10.6 Å². The zero-order valence-corrected chi connectivity index (χ0v) is 31.8. The predicted molar refractivity (Wildman–Crippen MR) is 194 cm³/mol. The molecule has 0 saturated carbocycles. The van der Waals surface area contributed by atoms with E-state index in [1.807, 2.05) is 6.07 Å². The molecule has 1 heterocycles. The molecule has 1 aliphatic carbocycles. The molecule has 3 rings (SSSR count). The normalized spacial score (nSPS) is 20.5. The van der Waals surface area contributed by atoms with Crippen molar-refractivity contribution in [2.45, 2.75) is 147 Å². The van der Waals surface area contributed by atoms with Gasteiger partial charge >= 0.3 is 11.9 Å². The van der Waals surface area contributed by atoms with E-state index in [0.29, 0.717) is 24.0 Å². The van der Waals surface area contributed by atoms with Crippen LogP contribution in [0, 0.1) is 3.57 Å². The summed E-state index contributed by atoms with van der Waals surface area (Å²) in [5.74, 6) is -2.48. The lowest BCUT2D eigenvalue weighted by Crippen LogP contribution is -2.44. The van der Waals surface area contributed by atoms with Crippen molar-refractivity contribution < 1.29 is 43.2 Å². The predicted octanol–water partition coefficient (Wildman–Crippen LogP) is 5.89. The van der Waals surface area contributed by atoms with Crippen LogP contribution in [0.1, 0.15) is 122 Å². The largest absolute Gasteiger partial charge is 0.460 e. The summed E-state index contributed by atoms with van der Waals surface area (Å²) in [6.45, 7) is 9.32. The molecule has 12 heteroatoms.